The van der Waals surface area contributed by atoms with Crippen LogP contribution in [-0.2, 0) is 6.42 Å². The van der Waals surface area contributed by atoms with Gasteiger partial charge >= 0.3 is 0 Å². The lowest BCUT2D eigenvalue weighted by atomic mass is 10.0. The fraction of sp³-hybridized carbons (Fsp3) is 0.238. The minimum absolute atomic E-state index is 0.0719. The fourth-order valence-electron chi connectivity index (χ4n) is 3.33. The Bertz CT molecular complexity index is 951. The molecule has 1 N–H and O–H groups in total. The summed E-state index contributed by atoms with van der Waals surface area (Å²) in [5.41, 5.74) is 6.37. The van der Waals surface area contributed by atoms with Crippen molar-refractivity contribution < 1.29 is 4.79 Å². The van der Waals surface area contributed by atoms with Crippen LogP contribution in [0.4, 0.5) is 0 Å². The Morgan fingerprint density at radius 3 is 2.84 bits per heavy atom. The van der Waals surface area contributed by atoms with Gasteiger partial charge in [-0.15, -0.1) is 0 Å². The number of nitrogens with one attached hydrogen (secondary N) is 1. The van der Waals surface area contributed by atoms with E-state index in [1.165, 1.54) is 11.1 Å². The summed E-state index contributed by atoms with van der Waals surface area (Å²) in [7, 11) is 0. The first kappa shape index (κ1) is 15.8. The van der Waals surface area contributed by atoms with Gasteiger partial charge in [0.1, 0.15) is 0 Å². The van der Waals surface area contributed by atoms with Crippen molar-refractivity contribution in [2.45, 2.75) is 19.8 Å². The molecule has 0 spiro atoms. The van der Waals surface area contributed by atoms with Crippen molar-refractivity contribution in [1.29, 1.82) is 0 Å². The molecule has 25 heavy (non-hydrogen) atoms. The van der Waals surface area contributed by atoms with Gasteiger partial charge < -0.3 is 5.32 Å². The van der Waals surface area contributed by atoms with Crippen molar-refractivity contribution in [3.8, 4) is 0 Å². The van der Waals surface area contributed by atoms with Gasteiger partial charge in [-0.25, -0.2) is 0 Å². The molecule has 0 amide bonds. The van der Waals surface area contributed by atoms with Gasteiger partial charge in [0, 0.05) is 24.5 Å². The molecule has 0 unspecified atom stereocenters. The minimum Gasteiger partial charge on any atom is -0.313 e. The molecule has 1 aliphatic rings. The molecule has 0 atom stereocenters. The SMILES string of the molecule is Cc1ccc(CC(=O)n2cc(C3=CCNCC3)c3ncccc32)cc1. The Morgan fingerprint density at radius 1 is 1.24 bits per heavy atom. The third-order valence-corrected chi connectivity index (χ3v) is 4.71. The summed E-state index contributed by atoms with van der Waals surface area (Å²) in [6, 6.07) is 12.0. The van der Waals surface area contributed by atoms with Crippen molar-refractivity contribution in [2.24, 2.45) is 0 Å². The zero-order chi connectivity index (χ0) is 17.2. The summed E-state index contributed by atoms with van der Waals surface area (Å²) in [6.07, 6.45) is 7.30. The van der Waals surface area contributed by atoms with Gasteiger partial charge in [0.25, 0.3) is 0 Å². The van der Waals surface area contributed by atoms with E-state index in [-0.39, 0.29) is 5.91 Å². The molecule has 0 fully saturated rings. The second-order valence-corrected chi connectivity index (χ2v) is 6.52. The number of hydrogen-bond donors (Lipinski definition) is 1. The Hall–Kier alpha value is -2.72. The molecule has 3 heterocycles. The number of aryl methyl sites for hydroxylation is 1. The molecule has 0 bridgehead atoms. The molecule has 0 aliphatic carbocycles. The van der Waals surface area contributed by atoms with E-state index >= 15 is 0 Å². The number of nitrogens with zero attached hydrogens (tertiary/aromatic N) is 2. The van der Waals surface area contributed by atoms with Gasteiger partial charge in [0.05, 0.1) is 17.5 Å². The highest BCUT2D eigenvalue weighted by molar-refractivity contribution is 5.98. The van der Waals surface area contributed by atoms with E-state index in [1.54, 1.807) is 10.8 Å². The molecule has 4 nitrogen and oxygen atoms in total. The van der Waals surface area contributed by atoms with Gasteiger partial charge in [-0.05, 0) is 43.2 Å². The lowest BCUT2D eigenvalue weighted by molar-refractivity contribution is 0.0919. The van der Waals surface area contributed by atoms with Crippen LogP contribution in [0.5, 0.6) is 0 Å². The first-order valence-corrected chi connectivity index (χ1v) is 8.67. The third kappa shape index (κ3) is 3.13. The molecule has 1 aliphatic heterocycles. The summed E-state index contributed by atoms with van der Waals surface area (Å²) < 4.78 is 1.76. The van der Waals surface area contributed by atoms with E-state index in [0.29, 0.717) is 6.42 Å². The lowest BCUT2D eigenvalue weighted by Gasteiger charge is -2.12. The van der Waals surface area contributed by atoms with Crippen LogP contribution in [0.3, 0.4) is 0 Å². The summed E-state index contributed by atoms with van der Waals surface area (Å²) in [4.78, 5) is 17.5. The largest absolute Gasteiger partial charge is 0.313 e. The van der Waals surface area contributed by atoms with Crippen molar-refractivity contribution in [3.63, 3.8) is 0 Å². The number of hydrogen-bond acceptors (Lipinski definition) is 3. The van der Waals surface area contributed by atoms with Gasteiger partial charge in [0.15, 0.2) is 0 Å². The number of carbonyl (C=O) groups excluding carboxylic acids is 1. The van der Waals surface area contributed by atoms with Crippen molar-refractivity contribution in [1.82, 2.24) is 14.9 Å². The van der Waals surface area contributed by atoms with Gasteiger partial charge in [-0.1, -0.05) is 35.9 Å². The smallest absolute Gasteiger partial charge is 0.235 e. The van der Waals surface area contributed by atoms with Crippen molar-refractivity contribution >= 4 is 22.5 Å². The highest BCUT2D eigenvalue weighted by Gasteiger charge is 2.18. The Kier molecular flexibility index (Phi) is 4.20. The van der Waals surface area contributed by atoms with Crippen LogP contribution < -0.4 is 5.32 Å². The average molecular weight is 331 g/mol. The predicted octanol–water partition coefficient (Wildman–Crippen LogP) is 3.60. The number of rotatable bonds is 3. The monoisotopic (exact) mass is 331 g/mol. The maximum atomic E-state index is 12.9. The molecule has 2 aromatic heterocycles. The Morgan fingerprint density at radius 2 is 2.08 bits per heavy atom. The van der Waals surface area contributed by atoms with E-state index in [4.69, 9.17) is 0 Å². The first-order chi connectivity index (χ1) is 12.2. The molecule has 0 saturated carbocycles. The van der Waals surface area contributed by atoms with Gasteiger partial charge in [0.2, 0.25) is 5.91 Å². The number of pyridine rings is 1. The number of benzene rings is 1. The average Bonchev–Trinajstić information content (AvgIpc) is 3.04. The topological polar surface area (TPSA) is 46.9 Å². The zero-order valence-corrected chi connectivity index (χ0v) is 14.3. The molecule has 126 valence electrons. The molecule has 1 aromatic carbocycles. The third-order valence-electron chi connectivity index (χ3n) is 4.71. The fourth-order valence-corrected chi connectivity index (χ4v) is 3.33. The van der Waals surface area contributed by atoms with Crippen LogP contribution in [0.25, 0.3) is 16.6 Å². The van der Waals surface area contributed by atoms with E-state index in [1.807, 2.05) is 42.6 Å². The Labute approximate surface area is 147 Å². The van der Waals surface area contributed by atoms with Crippen LogP contribution in [-0.4, -0.2) is 28.5 Å². The molecule has 0 saturated heterocycles. The molecule has 0 radical (unpaired) electrons. The summed E-state index contributed by atoms with van der Waals surface area (Å²) in [5.74, 6) is 0.0719. The second-order valence-electron chi connectivity index (χ2n) is 6.52. The highest BCUT2D eigenvalue weighted by Crippen LogP contribution is 2.28. The highest BCUT2D eigenvalue weighted by atomic mass is 16.2. The number of fused-ring (bicyclic) bond motifs is 1. The summed E-state index contributed by atoms with van der Waals surface area (Å²) in [5, 5.41) is 3.33. The van der Waals surface area contributed by atoms with E-state index < -0.39 is 0 Å². The van der Waals surface area contributed by atoms with E-state index in [2.05, 4.69) is 23.3 Å². The van der Waals surface area contributed by atoms with Crippen LogP contribution in [0.2, 0.25) is 0 Å². The van der Waals surface area contributed by atoms with E-state index in [0.717, 1.165) is 41.7 Å². The molecule has 4 heteroatoms. The van der Waals surface area contributed by atoms with Crippen LogP contribution in [0, 0.1) is 6.92 Å². The standard InChI is InChI=1S/C21H21N3O/c1-15-4-6-16(7-5-15)13-20(25)24-14-18(17-8-11-22-12-9-17)21-19(24)3-2-10-23-21/h2-8,10,14,22H,9,11-13H2,1H3. The van der Waals surface area contributed by atoms with Crippen LogP contribution in [0.15, 0.2) is 54.9 Å². The summed E-state index contributed by atoms with van der Waals surface area (Å²) in [6.45, 7) is 3.88. The first-order valence-electron chi connectivity index (χ1n) is 8.67. The normalized spacial score (nSPS) is 14.5. The quantitative estimate of drug-likeness (QED) is 0.797. The molecule has 4 rings (SSSR count). The van der Waals surface area contributed by atoms with Crippen LogP contribution in [0.1, 0.15) is 27.9 Å². The van der Waals surface area contributed by atoms with Gasteiger partial charge in [-0.3, -0.25) is 14.3 Å². The zero-order valence-electron chi connectivity index (χ0n) is 14.3. The summed E-state index contributed by atoms with van der Waals surface area (Å²) >= 11 is 0. The number of carbonyl (C=O) groups is 1. The Balaban J connectivity index is 1.72. The van der Waals surface area contributed by atoms with Crippen LogP contribution >= 0.6 is 0 Å². The van der Waals surface area contributed by atoms with E-state index in [9.17, 15) is 4.79 Å². The molecule has 3 aromatic rings. The maximum Gasteiger partial charge on any atom is 0.235 e. The lowest BCUT2D eigenvalue weighted by Crippen LogP contribution is -2.20. The molecular formula is C21H21N3O. The van der Waals surface area contributed by atoms with Crippen molar-refractivity contribution in [3.05, 3.63) is 71.6 Å². The molecular weight excluding hydrogens is 310 g/mol. The number of aromatic nitrogens is 2. The minimum atomic E-state index is 0.0719. The van der Waals surface area contributed by atoms with Gasteiger partial charge in [-0.2, -0.15) is 0 Å². The maximum absolute atomic E-state index is 12.9. The second kappa shape index (κ2) is 6.65. The predicted molar refractivity (Wildman–Crippen MR) is 101 cm³/mol. The van der Waals surface area contributed by atoms with Crippen molar-refractivity contribution in [2.75, 3.05) is 13.1 Å².